The summed E-state index contributed by atoms with van der Waals surface area (Å²) in [5, 5.41) is 5.00. The first kappa shape index (κ1) is 24.4. The van der Waals surface area contributed by atoms with Crippen molar-refractivity contribution in [2.75, 3.05) is 32.2 Å². The first-order chi connectivity index (χ1) is 17.0. The van der Waals surface area contributed by atoms with Gasteiger partial charge in [-0.25, -0.2) is 4.79 Å². The molecule has 2 aromatic carbocycles. The highest BCUT2D eigenvalue weighted by molar-refractivity contribution is 7.15. The molecule has 0 aliphatic carbocycles. The molecule has 0 unspecified atom stereocenters. The fraction of sp³-hybridized carbons (Fsp3) is 0.308. The third-order valence-corrected chi connectivity index (χ3v) is 6.18. The Labute approximate surface area is 207 Å². The molecule has 1 aliphatic rings. The number of hydrogen-bond donors (Lipinski definition) is 1. The highest BCUT2D eigenvalue weighted by Gasteiger charge is 2.31. The SMILES string of the molecule is CCCOc1ccc(C(=O)Nc2scc([C@H]3COc4ccccc4O3)c2C(=O)OCC)cc1OC. The van der Waals surface area contributed by atoms with Gasteiger partial charge in [-0.15, -0.1) is 11.3 Å². The Morgan fingerprint density at radius 3 is 2.66 bits per heavy atom. The number of esters is 1. The van der Waals surface area contributed by atoms with Crippen LogP contribution in [-0.2, 0) is 4.74 Å². The zero-order valence-corrected chi connectivity index (χ0v) is 20.6. The first-order valence-electron chi connectivity index (χ1n) is 11.3. The van der Waals surface area contributed by atoms with E-state index in [2.05, 4.69) is 5.32 Å². The molecule has 35 heavy (non-hydrogen) atoms. The van der Waals surface area contributed by atoms with Gasteiger partial charge in [0.05, 0.1) is 20.3 Å². The smallest absolute Gasteiger partial charge is 0.341 e. The Bertz CT molecular complexity index is 1210. The monoisotopic (exact) mass is 497 g/mol. The summed E-state index contributed by atoms with van der Waals surface area (Å²) in [6.07, 6.45) is 0.325. The van der Waals surface area contributed by atoms with Crippen molar-refractivity contribution in [2.45, 2.75) is 26.4 Å². The van der Waals surface area contributed by atoms with Crippen LogP contribution in [0.25, 0.3) is 0 Å². The molecule has 0 fully saturated rings. The van der Waals surface area contributed by atoms with Crippen LogP contribution in [0.3, 0.4) is 0 Å². The van der Waals surface area contributed by atoms with Gasteiger partial charge in [0.15, 0.2) is 29.1 Å². The molecule has 8 nitrogen and oxygen atoms in total. The molecule has 0 spiro atoms. The number of fused-ring (bicyclic) bond motifs is 1. The highest BCUT2D eigenvalue weighted by Crippen LogP contribution is 2.40. The maximum absolute atomic E-state index is 13.1. The van der Waals surface area contributed by atoms with E-state index in [4.69, 9.17) is 23.7 Å². The highest BCUT2D eigenvalue weighted by atomic mass is 32.1. The lowest BCUT2D eigenvalue weighted by atomic mass is 10.1. The molecule has 4 rings (SSSR count). The summed E-state index contributed by atoms with van der Waals surface area (Å²) in [5.74, 6) is 1.32. The number of para-hydroxylation sites is 2. The molecule has 9 heteroatoms. The van der Waals surface area contributed by atoms with Crippen LogP contribution >= 0.6 is 11.3 Å². The predicted molar refractivity (Wildman–Crippen MR) is 132 cm³/mol. The minimum atomic E-state index is -0.539. The maximum Gasteiger partial charge on any atom is 0.341 e. The minimum absolute atomic E-state index is 0.197. The van der Waals surface area contributed by atoms with E-state index in [9.17, 15) is 9.59 Å². The van der Waals surface area contributed by atoms with Gasteiger partial charge >= 0.3 is 5.97 Å². The average molecular weight is 498 g/mol. The number of rotatable bonds is 9. The quantitative estimate of drug-likeness (QED) is 0.391. The van der Waals surface area contributed by atoms with Gasteiger partial charge < -0.3 is 29.0 Å². The summed E-state index contributed by atoms with van der Waals surface area (Å²) in [6, 6.07) is 12.3. The van der Waals surface area contributed by atoms with Crippen molar-refractivity contribution in [1.29, 1.82) is 0 Å². The number of carbonyl (C=O) groups is 2. The normalized spacial score (nSPS) is 14.2. The Hall–Kier alpha value is -3.72. The van der Waals surface area contributed by atoms with Crippen LogP contribution in [0.2, 0.25) is 0 Å². The maximum atomic E-state index is 13.1. The number of amides is 1. The van der Waals surface area contributed by atoms with Gasteiger partial charge in [-0.3, -0.25) is 4.79 Å². The van der Waals surface area contributed by atoms with E-state index in [0.717, 1.165) is 6.42 Å². The van der Waals surface area contributed by atoms with Gasteiger partial charge in [0.25, 0.3) is 5.91 Å². The molecule has 0 saturated heterocycles. The fourth-order valence-electron chi connectivity index (χ4n) is 3.60. The summed E-state index contributed by atoms with van der Waals surface area (Å²) in [4.78, 5) is 26.0. The average Bonchev–Trinajstić information content (AvgIpc) is 3.30. The topological polar surface area (TPSA) is 92.3 Å². The van der Waals surface area contributed by atoms with E-state index < -0.39 is 18.0 Å². The zero-order valence-electron chi connectivity index (χ0n) is 19.8. The molecule has 0 bridgehead atoms. The van der Waals surface area contributed by atoms with Crippen LogP contribution in [0.15, 0.2) is 47.8 Å². The fourth-order valence-corrected chi connectivity index (χ4v) is 4.59. The van der Waals surface area contributed by atoms with Crippen LogP contribution < -0.4 is 24.3 Å². The Morgan fingerprint density at radius 1 is 1.11 bits per heavy atom. The number of ether oxygens (including phenoxy) is 5. The lowest BCUT2D eigenvalue weighted by Gasteiger charge is -2.26. The molecule has 1 amide bonds. The summed E-state index contributed by atoms with van der Waals surface area (Å²) < 4.78 is 28.3. The molecule has 1 aliphatic heterocycles. The van der Waals surface area contributed by atoms with Crippen molar-refractivity contribution in [3.8, 4) is 23.0 Å². The Balaban J connectivity index is 1.60. The largest absolute Gasteiger partial charge is 0.493 e. The van der Waals surface area contributed by atoms with Crippen molar-refractivity contribution in [1.82, 2.24) is 0 Å². The van der Waals surface area contributed by atoms with Crippen molar-refractivity contribution >= 4 is 28.2 Å². The molecule has 1 atom stereocenters. The number of methoxy groups -OCH3 is 1. The van der Waals surface area contributed by atoms with Crippen molar-refractivity contribution < 1.29 is 33.3 Å². The molecule has 3 aromatic rings. The summed E-state index contributed by atoms with van der Waals surface area (Å²) in [6.45, 7) is 4.70. The van der Waals surface area contributed by atoms with Crippen LogP contribution in [0, 0.1) is 0 Å². The van der Waals surface area contributed by atoms with E-state index in [0.29, 0.717) is 45.7 Å². The van der Waals surface area contributed by atoms with Gasteiger partial charge in [0, 0.05) is 16.5 Å². The summed E-state index contributed by atoms with van der Waals surface area (Å²) >= 11 is 1.23. The van der Waals surface area contributed by atoms with E-state index in [1.807, 2.05) is 31.2 Å². The van der Waals surface area contributed by atoms with Crippen LogP contribution in [-0.4, -0.2) is 38.8 Å². The molecule has 2 heterocycles. The number of nitrogens with one attached hydrogen (secondary N) is 1. The third kappa shape index (κ3) is 5.35. The number of carbonyl (C=O) groups excluding carboxylic acids is 2. The Kier molecular flexibility index (Phi) is 7.77. The van der Waals surface area contributed by atoms with Crippen LogP contribution in [0.4, 0.5) is 5.00 Å². The Morgan fingerprint density at radius 2 is 1.91 bits per heavy atom. The lowest BCUT2D eigenvalue weighted by molar-refractivity contribution is 0.0513. The second-order valence-electron chi connectivity index (χ2n) is 7.65. The molecular formula is C26H27NO7S. The number of hydrogen-bond acceptors (Lipinski definition) is 8. The molecule has 0 saturated carbocycles. The second-order valence-corrected chi connectivity index (χ2v) is 8.53. The molecule has 184 valence electrons. The van der Waals surface area contributed by atoms with Gasteiger partial charge in [0.2, 0.25) is 0 Å². The third-order valence-electron chi connectivity index (χ3n) is 5.27. The minimum Gasteiger partial charge on any atom is -0.493 e. The molecule has 1 N–H and O–H groups in total. The molecule has 0 radical (unpaired) electrons. The first-order valence-corrected chi connectivity index (χ1v) is 12.2. The number of thiophene rings is 1. The number of benzene rings is 2. The standard InChI is InChI=1S/C26H27NO7S/c1-4-12-32-19-11-10-16(13-21(19)30-3)24(28)27-25-23(26(29)31-5-2)17(15-35-25)22-14-33-18-8-6-7-9-20(18)34-22/h6-11,13,15,22H,4-5,12,14H2,1-3H3,(H,27,28)/t22-/m1/s1. The van der Waals surface area contributed by atoms with Gasteiger partial charge in [-0.05, 0) is 43.7 Å². The molecule has 1 aromatic heterocycles. The van der Waals surface area contributed by atoms with Crippen molar-refractivity contribution in [3.63, 3.8) is 0 Å². The lowest BCUT2D eigenvalue weighted by Crippen LogP contribution is -2.24. The van der Waals surface area contributed by atoms with E-state index in [1.165, 1.54) is 18.4 Å². The molecular weight excluding hydrogens is 470 g/mol. The van der Waals surface area contributed by atoms with E-state index in [1.54, 1.807) is 30.5 Å². The van der Waals surface area contributed by atoms with E-state index in [-0.39, 0.29) is 18.8 Å². The van der Waals surface area contributed by atoms with Crippen molar-refractivity contribution in [3.05, 3.63) is 64.5 Å². The number of anilines is 1. The van der Waals surface area contributed by atoms with Gasteiger partial charge in [0.1, 0.15) is 17.2 Å². The zero-order chi connectivity index (χ0) is 24.8. The van der Waals surface area contributed by atoms with Crippen LogP contribution in [0.1, 0.15) is 52.7 Å². The summed E-state index contributed by atoms with van der Waals surface area (Å²) in [7, 11) is 1.52. The van der Waals surface area contributed by atoms with E-state index >= 15 is 0 Å². The van der Waals surface area contributed by atoms with Gasteiger partial charge in [-0.2, -0.15) is 0 Å². The van der Waals surface area contributed by atoms with Crippen LogP contribution in [0.5, 0.6) is 23.0 Å². The second kappa shape index (κ2) is 11.1. The summed E-state index contributed by atoms with van der Waals surface area (Å²) in [5.41, 5.74) is 1.22. The predicted octanol–water partition coefficient (Wildman–Crippen LogP) is 5.49. The van der Waals surface area contributed by atoms with Crippen molar-refractivity contribution in [2.24, 2.45) is 0 Å². The van der Waals surface area contributed by atoms with Gasteiger partial charge in [-0.1, -0.05) is 19.1 Å².